The van der Waals surface area contributed by atoms with E-state index < -0.39 is 0 Å². The molecule has 0 aliphatic carbocycles. The van der Waals surface area contributed by atoms with Crippen LogP contribution >= 0.6 is 11.6 Å². The highest BCUT2D eigenvalue weighted by Gasteiger charge is 2.24. The normalized spacial score (nSPS) is 18.0. The summed E-state index contributed by atoms with van der Waals surface area (Å²) in [6.45, 7) is 8.70. The zero-order valence-corrected chi connectivity index (χ0v) is 17.2. The highest BCUT2D eigenvalue weighted by atomic mass is 35.5. The lowest BCUT2D eigenvalue weighted by Gasteiger charge is -2.27. The summed E-state index contributed by atoms with van der Waals surface area (Å²) in [5.74, 6) is 0.950. The molecule has 1 atom stereocenters. The van der Waals surface area contributed by atoms with Gasteiger partial charge in [-0.1, -0.05) is 31.5 Å². The molecule has 0 amide bonds. The van der Waals surface area contributed by atoms with Gasteiger partial charge in [-0.25, -0.2) is 4.39 Å². The van der Waals surface area contributed by atoms with Crippen molar-refractivity contribution in [2.45, 2.75) is 32.1 Å². The number of benzene rings is 1. The van der Waals surface area contributed by atoms with Crippen LogP contribution < -0.4 is 10.6 Å². The number of hydrogen-bond donors (Lipinski definition) is 2. The van der Waals surface area contributed by atoms with Crippen molar-refractivity contribution in [1.29, 1.82) is 0 Å². The Morgan fingerprint density at radius 3 is 2.89 bits per heavy atom. The maximum Gasteiger partial charge on any atom is 0.191 e. The minimum absolute atomic E-state index is 0.269. The smallest absolute Gasteiger partial charge is 0.191 e. The predicted octanol–water partition coefficient (Wildman–Crippen LogP) is 3.36. The van der Waals surface area contributed by atoms with Gasteiger partial charge in [0.25, 0.3) is 0 Å². The Morgan fingerprint density at radius 2 is 2.22 bits per heavy atom. The molecule has 1 aliphatic heterocycles. The fourth-order valence-corrected chi connectivity index (χ4v) is 3.43. The molecular weight excluding hydrogens is 369 g/mol. The van der Waals surface area contributed by atoms with Crippen molar-refractivity contribution in [2.75, 3.05) is 46.6 Å². The first-order valence-electron chi connectivity index (χ1n) is 9.48. The Morgan fingerprint density at radius 1 is 1.41 bits per heavy atom. The van der Waals surface area contributed by atoms with Gasteiger partial charge in [0.1, 0.15) is 5.82 Å². The first kappa shape index (κ1) is 21.9. The van der Waals surface area contributed by atoms with Crippen molar-refractivity contribution in [1.82, 2.24) is 10.6 Å². The Kier molecular flexibility index (Phi) is 8.80. The number of hydrogen-bond acceptors (Lipinski definition) is 3. The van der Waals surface area contributed by atoms with Crippen LogP contribution in [0.2, 0.25) is 5.02 Å². The number of nitrogens with zero attached hydrogens (tertiary/aromatic N) is 1. The van der Waals surface area contributed by atoms with E-state index in [1.165, 1.54) is 12.1 Å². The lowest BCUT2D eigenvalue weighted by atomic mass is 9.84. The zero-order valence-electron chi connectivity index (χ0n) is 16.5. The molecule has 0 bridgehead atoms. The van der Waals surface area contributed by atoms with Crippen LogP contribution in [-0.4, -0.2) is 52.5 Å². The molecule has 1 aromatic rings. The maximum absolute atomic E-state index is 13.3. The topological polar surface area (TPSA) is 54.9 Å². The van der Waals surface area contributed by atoms with Crippen molar-refractivity contribution in [3.05, 3.63) is 34.6 Å². The summed E-state index contributed by atoms with van der Waals surface area (Å²) in [4.78, 5) is 4.25. The van der Waals surface area contributed by atoms with E-state index in [1.54, 1.807) is 13.1 Å². The highest BCUT2D eigenvalue weighted by molar-refractivity contribution is 6.31. The average Bonchev–Trinajstić information content (AvgIpc) is 3.13. The van der Waals surface area contributed by atoms with Gasteiger partial charge in [0, 0.05) is 49.7 Å². The fraction of sp³-hybridized carbons (Fsp3) is 0.650. The van der Waals surface area contributed by atoms with E-state index in [4.69, 9.17) is 21.1 Å². The number of halogens is 2. The lowest BCUT2D eigenvalue weighted by Crippen LogP contribution is -2.44. The molecule has 0 aromatic heterocycles. The van der Waals surface area contributed by atoms with E-state index in [2.05, 4.69) is 29.5 Å². The van der Waals surface area contributed by atoms with Crippen molar-refractivity contribution < 1.29 is 13.9 Å². The van der Waals surface area contributed by atoms with E-state index in [1.807, 2.05) is 0 Å². The van der Waals surface area contributed by atoms with Gasteiger partial charge in [-0.2, -0.15) is 0 Å². The minimum atomic E-state index is -0.326. The summed E-state index contributed by atoms with van der Waals surface area (Å²) in [5, 5.41) is 7.04. The van der Waals surface area contributed by atoms with Gasteiger partial charge < -0.3 is 20.1 Å². The Bertz CT molecular complexity index is 619. The fourth-order valence-electron chi connectivity index (χ4n) is 3.00. The number of nitrogens with one attached hydrogen (secondary N) is 2. The molecule has 0 radical (unpaired) electrons. The number of ether oxygens (including phenoxy) is 2. The van der Waals surface area contributed by atoms with Crippen LogP contribution in [0, 0.1) is 11.7 Å². The molecule has 27 heavy (non-hydrogen) atoms. The molecule has 1 unspecified atom stereocenters. The maximum atomic E-state index is 13.3. The first-order valence-corrected chi connectivity index (χ1v) is 9.85. The van der Waals surface area contributed by atoms with Crippen molar-refractivity contribution >= 4 is 17.6 Å². The minimum Gasteiger partial charge on any atom is -0.381 e. The molecule has 0 saturated carbocycles. The van der Waals surface area contributed by atoms with Crippen molar-refractivity contribution in [3.8, 4) is 0 Å². The van der Waals surface area contributed by atoms with E-state index in [-0.39, 0.29) is 11.2 Å². The number of aliphatic imine (C=N–C) groups is 1. The lowest BCUT2D eigenvalue weighted by molar-refractivity contribution is 0.0888. The zero-order chi connectivity index (χ0) is 19.7. The van der Waals surface area contributed by atoms with Crippen molar-refractivity contribution in [3.63, 3.8) is 0 Å². The van der Waals surface area contributed by atoms with Gasteiger partial charge in [-0.05, 0) is 30.5 Å². The first-order chi connectivity index (χ1) is 12.9. The quantitative estimate of drug-likeness (QED) is 0.380. The molecule has 2 rings (SSSR count). The molecule has 1 heterocycles. The molecule has 152 valence electrons. The summed E-state index contributed by atoms with van der Waals surface area (Å²) in [6.07, 6.45) is 2.00. The Labute approximate surface area is 166 Å². The summed E-state index contributed by atoms with van der Waals surface area (Å²) >= 11 is 6.21. The summed E-state index contributed by atoms with van der Waals surface area (Å²) in [5.41, 5.74) is 0.632. The van der Waals surface area contributed by atoms with Gasteiger partial charge in [0.15, 0.2) is 5.96 Å². The average molecular weight is 400 g/mol. The Hall–Kier alpha value is -1.37. The van der Waals surface area contributed by atoms with E-state index in [0.29, 0.717) is 17.5 Å². The van der Waals surface area contributed by atoms with Crippen molar-refractivity contribution in [2.24, 2.45) is 10.9 Å². The molecular formula is C20H31ClFN3O2. The third-order valence-electron chi connectivity index (χ3n) is 4.72. The molecule has 1 fully saturated rings. The van der Waals surface area contributed by atoms with Gasteiger partial charge in [-0.15, -0.1) is 0 Å². The summed E-state index contributed by atoms with van der Waals surface area (Å²) in [6, 6.07) is 4.53. The SMILES string of the molecule is CN=C(NCCCOCC1CCOC1)NCC(C)(C)c1ccc(F)cc1Cl. The van der Waals surface area contributed by atoms with E-state index >= 15 is 0 Å². The van der Waals surface area contributed by atoms with Crippen LogP contribution in [0.25, 0.3) is 0 Å². The van der Waals surface area contributed by atoms with Crippen LogP contribution in [0.1, 0.15) is 32.3 Å². The second kappa shape index (κ2) is 10.8. The molecule has 7 heteroatoms. The van der Waals surface area contributed by atoms with Gasteiger partial charge in [0.2, 0.25) is 0 Å². The van der Waals surface area contributed by atoms with Crippen LogP contribution in [0.4, 0.5) is 4.39 Å². The summed E-state index contributed by atoms with van der Waals surface area (Å²) < 4.78 is 24.3. The molecule has 5 nitrogen and oxygen atoms in total. The van der Waals surface area contributed by atoms with Crippen LogP contribution in [-0.2, 0) is 14.9 Å². The summed E-state index contributed by atoms with van der Waals surface area (Å²) in [7, 11) is 1.74. The van der Waals surface area contributed by atoms with Crippen LogP contribution in [0.15, 0.2) is 23.2 Å². The van der Waals surface area contributed by atoms with Gasteiger partial charge in [-0.3, -0.25) is 4.99 Å². The molecule has 2 N–H and O–H groups in total. The third-order valence-corrected chi connectivity index (χ3v) is 5.03. The largest absolute Gasteiger partial charge is 0.381 e. The van der Waals surface area contributed by atoms with Gasteiger partial charge in [0.05, 0.1) is 13.2 Å². The predicted molar refractivity (Wildman–Crippen MR) is 108 cm³/mol. The Balaban J connectivity index is 1.68. The second-order valence-electron chi connectivity index (χ2n) is 7.52. The highest BCUT2D eigenvalue weighted by Crippen LogP contribution is 2.29. The van der Waals surface area contributed by atoms with E-state index in [0.717, 1.165) is 57.3 Å². The standard InChI is InChI=1S/C20H31ClFN3O2/c1-20(2,17-6-5-16(22)11-18(17)21)14-25-19(23-3)24-8-4-9-26-12-15-7-10-27-13-15/h5-6,11,15H,4,7-10,12-14H2,1-3H3,(H2,23,24,25). The monoisotopic (exact) mass is 399 g/mol. The molecule has 1 saturated heterocycles. The second-order valence-corrected chi connectivity index (χ2v) is 7.93. The number of rotatable bonds is 9. The van der Waals surface area contributed by atoms with E-state index in [9.17, 15) is 4.39 Å². The van der Waals surface area contributed by atoms with Crippen LogP contribution in [0.5, 0.6) is 0 Å². The van der Waals surface area contributed by atoms with Gasteiger partial charge >= 0.3 is 0 Å². The molecule has 1 aliphatic rings. The third kappa shape index (κ3) is 7.28. The molecule has 0 spiro atoms. The van der Waals surface area contributed by atoms with Crippen LogP contribution in [0.3, 0.4) is 0 Å². The number of guanidine groups is 1. The molecule has 1 aromatic carbocycles.